The number of benzene rings is 2. The number of rotatable bonds is 2. The summed E-state index contributed by atoms with van der Waals surface area (Å²) in [6, 6.07) is 10.4. The van der Waals surface area contributed by atoms with Crippen molar-refractivity contribution in [2.45, 2.75) is 26.3 Å². The van der Waals surface area contributed by atoms with Crippen LogP contribution in [-0.2, 0) is 13.0 Å². The lowest BCUT2D eigenvalue weighted by molar-refractivity contribution is 0.102. The summed E-state index contributed by atoms with van der Waals surface area (Å²) in [7, 11) is 0. The molecule has 3 aromatic rings. The smallest absolute Gasteiger partial charge is 0.261 e. The van der Waals surface area contributed by atoms with Crippen LogP contribution in [0, 0.1) is 6.92 Å². The third-order valence-electron chi connectivity index (χ3n) is 4.59. The molecular weight excluding hydrogens is 338 g/mol. The fraction of sp³-hybridized carbons (Fsp3) is 0.211. The van der Waals surface area contributed by atoms with E-state index in [9.17, 15) is 9.59 Å². The van der Waals surface area contributed by atoms with Crippen molar-refractivity contribution in [2.24, 2.45) is 0 Å². The Morgan fingerprint density at radius 2 is 2.12 bits per heavy atom. The topological polar surface area (TPSA) is 64.0 Å². The molecule has 2 aromatic carbocycles. The Bertz CT molecular complexity index is 1070. The number of nitrogens with one attached hydrogen (secondary N) is 1. The first kappa shape index (κ1) is 15.8. The largest absolute Gasteiger partial charge is 0.322 e. The predicted octanol–water partition coefficient (Wildman–Crippen LogP) is 3.56. The molecule has 0 fully saturated rings. The number of aryl methyl sites for hydroxylation is 1. The van der Waals surface area contributed by atoms with Crippen LogP contribution in [0.5, 0.6) is 0 Å². The maximum Gasteiger partial charge on any atom is 0.261 e. The minimum atomic E-state index is -0.255. The summed E-state index contributed by atoms with van der Waals surface area (Å²) < 4.78 is 1.72. The summed E-state index contributed by atoms with van der Waals surface area (Å²) in [5, 5.41) is 4.01. The predicted molar refractivity (Wildman–Crippen MR) is 98.5 cm³/mol. The Balaban J connectivity index is 1.72. The van der Waals surface area contributed by atoms with Crippen molar-refractivity contribution in [2.75, 3.05) is 5.32 Å². The standard InChI is InChI=1S/C19H16ClN3O2/c1-11-14(20)4-2-5-15(11)22-18(24)12-7-8-13-16(10-12)21-17-6-3-9-23(17)19(13)25/h2,4-5,7-8,10H,3,6,9H2,1H3,(H,22,24). The zero-order valence-electron chi connectivity index (χ0n) is 13.7. The van der Waals surface area contributed by atoms with Crippen LogP contribution in [0.4, 0.5) is 5.69 Å². The van der Waals surface area contributed by atoms with E-state index in [-0.39, 0.29) is 11.5 Å². The molecule has 0 saturated heterocycles. The molecule has 25 heavy (non-hydrogen) atoms. The molecule has 1 N–H and O–H groups in total. The van der Waals surface area contributed by atoms with Gasteiger partial charge in [0.1, 0.15) is 5.82 Å². The fourth-order valence-corrected chi connectivity index (χ4v) is 3.34. The van der Waals surface area contributed by atoms with Gasteiger partial charge in [-0.05, 0) is 49.2 Å². The fourth-order valence-electron chi connectivity index (χ4n) is 3.16. The summed E-state index contributed by atoms with van der Waals surface area (Å²) in [6.45, 7) is 2.57. The van der Waals surface area contributed by atoms with E-state index in [0.717, 1.165) is 24.2 Å². The minimum Gasteiger partial charge on any atom is -0.322 e. The lowest BCUT2D eigenvalue weighted by atomic mass is 10.1. The second-order valence-electron chi connectivity index (χ2n) is 6.19. The highest BCUT2D eigenvalue weighted by molar-refractivity contribution is 6.31. The highest BCUT2D eigenvalue weighted by Gasteiger charge is 2.17. The molecule has 0 radical (unpaired) electrons. The van der Waals surface area contributed by atoms with Crippen LogP contribution in [0.15, 0.2) is 41.2 Å². The van der Waals surface area contributed by atoms with E-state index in [1.807, 2.05) is 6.92 Å². The normalized spacial score (nSPS) is 13.0. The summed E-state index contributed by atoms with van der Waals surface area (Å²) >= 11 is 6.09. The van der Waals surface area contributed by atoms with E-state index in [1.54, 1.807) is 41.0 Å². The van der Waals surface area contributed by atoms with Gasteiger partial charge in [0.05, 0.1) is 10.9 Å². The quantitative estimate of drug-likeness (QED) is 0.766. The molecule has 4 rings (SSSR count). The average molecular weight is 354 g/mol. The molecular formula is C19H16ClN3O2. The molecule has 0 atom stereocenters. The first-order valence-electron chi connectivity index (χ1n) is 8.14. The van der Waals surface area contributed by atoms with Crippen LogP contribution < -0.4 is 10.9 Å². The van der Waals surface area contributed by atoms with Gasteiger partial charge in [-0.2, -0.15) is 0 Å². The van der Waals surface area contributed by atoms with Gasteiger partial charge in [-0.15, -0.1) is 0 Å². The van der Waals surface area contributed by atoms with E-state index >= 15 is 0 Å². The molecule has 0 unspecified atom stereocenters. The van der Waals surface area contributed by atoms with Gasteiger partial charge in [0.2, 0.25) is 0 Å². The number of carbonyl (C=O) groups excluding carboxylic acids is 1. The maximum absolute atomic E-state index is 12.6. The highest BCUT2D eigenvalue weighted by Crippen LogP contribution is 2.24. The number of halogens is 1. The molecule has 1 amide bonds. The van der Waals surface area contributed by atoms with Gasteiger partial charge >= 0.3 is 0 Å². The molecule has 0 spiro atoms. The molecule has 0 aliphatic carbocycles. The van der Waals surface area contributed by atoms with E-state index in [1.165, 1.54) is 0 Å². The Kier molecular flexibility index (Phi) is 3.81. The van der Waals surface area contributed by atoms with Crippen LogP contribution in [0.1, 0.15) is 28.2 Å². The molecule has 0 saturated carbocycles. The van der Waals surface area contributed by atoms with Gasteiger partial charge in [-0.1, -0.05) is 17.7 Å². The number of nitrogens with zero attached hydrogens (tertiary/aromatic N) is 2. The highest BCUT2D eigenvalue weighted by atomic mass is 35.5. The molecule has 1 aromatic heterocycles. The first-order valence-corrected chi connectivity index (χ1v) is 8.52. The lowest BCUT2D eigenvalue weighted by Crippen LogP contribution is -2.21. The molecule has 5 nitrogen and oxygen atoms in total. The number of hydrogen-bond donors (Lipinski definition) is 1. The third-order valence-corrected chi connectivity index (χ3v) is 5.00. The number of anilines is 1. The number of fused-ring (bicyclic) bond motifs is 2. The minimum absolute atomic E-state index is 0.0323. The van der Waals surface area contributed by atoms with Crippen molar-refractivity contribution in [3.05, 3.63) is 68.7 Å². The van der Waals surface area contributed by atoms with Gasteiger partial charge in [0, 0.05) is 29.2 Å². The van der Waals surface area contributed by atoms with Crippen molar-refractivity contribution >= 4 is 34.1 Å². The Morgan fingerprint density at radius 1 is 1.28 bits per heavy atom. The summed E-state index contributed by atoms with van der Waals surface area (Å²) in [4.78, 5) is 29.6. The Labute approximate surface area is 149 Å². The third kappa shape index (κ3) is 2.70. The second kappa shape index (κ2) is 6.01. The molecule has 6 heteroatoms. The van der Waals surface area contributed by atoms with Crippen LogP contribution in [0.3, 0.4) is 0 Å². The zero-order valence-corrected chi connectivity index (χ0v) is 14.4. The number of hydrogen-bond acceptors (Lipinski definition) is 3. The first-order chi connectivity index (χ1) is 12.0. The number of carbonyl (C=O) groups is 1. The maximum atomic E-state index is 12.6. The Hall–Kier alpha value is -2.66. The Morgan fingerprint density at radius 3 is 2.96 bits per heavy atom. The van der Waals surface area contributed by atoms with Crippen molar-refractivity contribution in [3.63, 3.8) is 0 Å². The SMILES string of the molecule is Cc1c(Cl)cccc1NC(=O)c1ccc2c(=O)n3c(nc2c1)CCC3. The van der Waals surface area contributed by atoms with Crippen molar-refractivity contribution in [1.29, 1.82) is 0 Å². The molecule has 126 valence electrons. The average Bonchev–Trinajstić information content (AvgIpc) is 3.07. The van der Waals surface area contributed by atoms with E-state index in [2.05, 4.69) is 10.3 Å². The van der Waals surface area contributed by atoms with Crippen LogP contribution in [0.2, 0.25) is 5.02 Å². The number of amides is 1. The molecule has 0 bridgehead atoms. The second-order valence-corrected chi connectivity index (χ2v) is 6.59. The van der Waals surface area contributed by atoms with Gasteiger partial charge in [0.15, 0.2) is 0 Å². The van der Waals surface area contributed by atoms with Crippen molar-refractivity contribution < 1.29 is 4.79 Å². The van der Waals surface area contributed by atoms with Crippen molar-refractivity contribution in [1.82, 2.24) is 9.55 Å². The van der Waals surface area contributed by atoms with Gasteiger partial charge in [-0.25, -0.2) is 4.98 Å². The lowest BCUT2D eigenvalue weighted by Gasteiger charge is -2.10. The van der Waals surface area contributed by atoms with Gasteiger partial charge < -0.3 is 5.32 Å². The van der Waals surface area contributed by atoms with E-state index in [0.29, 0.717) is 33.7 Å². The molecule has 1 aliphatic heterocycles. The van der Waals surface area contributed by atoms with E-state index < -0.39 is 0 Å². The zero-order chi connectivity index (χ0) is 17.6. The number of aromatic nitrogens is 2. The van der Waals surface area contributed by atoms with Crippen LogP contribution in [-0.4, -0.2) is 15.5 Å². The monoisotopic (exact) mass is 353 g/mol. The van der Waals surface area contributed by atoms with E-state index in [4.69, 9.17) is 11.6 Å². The van der Waals surface area contributed by atoms with Crippen LogP contribution in [0.25, 0.3) is 10.9 Å². The van der Waals surface area contributed by atoms with Gasteiger partial charge in [0.25, 0.3) is 11.5 Å². The summed E-state index contributed by atoms with van der Waals surface area (Å²) in [5.41, 5.74) is 2.47. The molecule has 2 heterocycles. The summed E-state index contributed by atoms with van der Waals surface area (Å²) in [5.74, 6) is 0.537. The van der Waals surface area contributed by atoms with Crippen molar-refractivity contribution in [3.8, 4) is 0 Å². The van der Waals surface area contributed by atoms with Gasteiger partial charge in [-0.3, -0.25) is 14.2 Å². The van der Waals surface area contributed by atoms with Crippen LogP contribution >= 0.6 is 11.6 Å². The molecule has 1 aliphatic rings. The summed E-state index contributed by atoms with van der Waals surface area (Å²) in [6.07, 6.45) is 1.73.